The minimum atomic E-state index is -1.03. The monoisotopic (exact) mass is 359 g/mol. The fraction of sp³-hybridized carbons (Fsp3) is 0.824. The van der Waals surface area contributed by atoms with Crippen LogP contribution >= 0.6 is 0 Å². The Morgan fingerprint density at radius 3 is 2.60 bits per heavy atom. The number of carbonyl (C=O) groups excluding carboxylic acids is 1. The van der Waals surface area contributed by atoms with Gasteiger partial charge in [0.05, 0.1) is 37.6 Å². The number of amides is 1. The van der Waals surface area contributed by atoms with Gasteiger partial charge in [-0.25, -0.2) is 0 Å². The molecule has 0 aliphatic carbocycles. The zero-order valence-electron chi connectivity index (χ0n) is 14.5. The molecule has 0 bridgehead atoms. The van der Waals surface area contributed by atoms with Crippen LogP contribution in [0.2, 0.25) is 0 Å². The number of hydrogen-bond acceptors (Lipinski definition) is 7. The van der Waals surface area contributed by atoms with Gasteiger partial charge in [-0.3, -0.25) is 4.79 Å². The van der Waals surface area contributed by atoms with Crippen molar-refractivity contribution in [2.75, 3.05) is 26.4 Å². The molecule has 6 atom stereocenters. The second kappa shape index (κ2) is 9.61. The number of nitrogens with one attached hydrogen (secondary N) is 1. The van der Waals surface area contributed by atoms with Crippen molar-refractivity contribution in [1.82, 2.24) is 5.32 Å². The largest absolute Gasteiger partial charge is 0.396 e. The molecule has 8 nitrogen and oxygen atoms in total. The van der Waals surface area contributed by atoms with E-state index in [1.165, 1.54) is 6.08 Å². The molecule has 25 heavy (non-hydrogen) atoms. The molecule has 8 heteroatoms. The van der Waals surface area contributed by atoms with Gasteiger partial charge in [0, 0.05) is 25.1 Å². The van der Waals surface area contributed by atoms with Crippen LogP contribution in [0.5, 0.6) is 0 Å². The summed E-state index contributed by atoms with van der Waals surface area (Å²) in [7, 11) is 0. The van der Waals surface area contributed by atoms with Crippen molar-refractivity contribution in [3.8, 4) is 0 Å². The van der Waals surface area contributed by atoms with Gasteiger partial charge in [0.15, 0.2) is 0 Å². The normalized spacial score (nSPS) is 35.5. The number of ether oxygens (including phenoxy) is 2. The van der Waals surface area contributed by atoms with E-state index in [-0.39, 0.29) is 43.8 Å². The summed E-state index contributed by atoms with van der Waals surface area (Å²) < 4.78 is 11.1. The summed E-state index contributed by atoms with van der Waals surface area (Å²) in [6.07, 6.45) is 0.459. The second-order valence-corrected chi connectivity index (χ2v) is 6.78. The Morgan fingerprint density at radius 1 is 1.16 bits per heavy atom. The lowest BCUT2D eigenvalue weighted by atomic mass is 9.86. The van der Waals surface area contributed by atoms with Gasteiger partial charge in [0.2, 0.25) is 5.91 Å². The standard InChI is InChI=1S/C17H29NO7/c1-10(7-15(21)18-3-5-20)6-14-17(23)16(22)11(9-24-14)8-13-12(25-13)2-4-19/h7,11-14,16-17,19-20,22-23H,2-6,8-9H2,1H3,(H,18,21)/b10-7+/t11-,12?,13-,14-,16?,17?/m0/s1. The summed E-state index contributed by atoms with van der Waals surface area (Å²) in [5, 5.41) is 40.7. The summed E-state index contributed by atoms with van der Waals surface area (Å²) in [6.45, 7) is 2.21. The highest BCUT2D eigenvalue weighted by Crippen LogP contribution is 2.35. The van der Waals surface area contributed by atoms with Gasteiger partial charge in [-0.05, 0) is 26.2 Å². The summed E-state index contributed by atoms with van der Waals surface area (Å²) >= 11 is 0. The zero-order chi connectivity index (χ0) is 18.4. The highest BCUT2D eigenvalue weighted by atomic mass is 16.6. The smallest absolute Gasteiger partial charge is 0.244 e. The maximum absolute atomic E-state index is 11.6. The van der Waals surface area contributed by atoms with Crippen molar-refractivity contribution < 1.29 is 34.7 Å². The first-order valence-corrected chi connectivity index (χ1v) is 8.76. The fourth-order valence-electron chi connectivity index (χ4n) is 3.23. The molecule has 2 aliphatic rings. The van der Waals surface area contributed by atoms with Crippen molar-refractivity contribution in [3.05, 3.63) is 11.6 Å². The Labute approximate surface area is 147 Å². The van der Waals surface area contributed by atoms with E-state index in [1.807, 2.05) is 0 Å². The van der Waals surface area contributed by atoms with Crippen LogP contribution in [0.3, 0.4) is 0 Å². The third-order valence-electron chi connectivity index (χ3n) is 4.69. The molecular weight excluding hydrogens is 330 g/mol. The zero-order valence-corrected chi connectivity index (χ0v) is 14.5. The van der Waals surface area contributed by atoms with Crippen molar-refractivity contribution >= 4 is 5.91 Å². The molecular formula is C17H29NO7. The van der Waals surface area contributed by atoms with Crippen molar-refractivity contribution in [2.24, 2.45) is 5.92 Å². The van der Waals surface area contributed by atoms with Gasteiger partial charge >= 0.3 is 0 Å². The Balaban J connectivity index is 1.79. The molecule has 2 saturated heterocycles. The molecule has 2 aliphatic heterocycles. The van der Waals surface area contributed by atoms with Crippen molar-refractivity contribution in [3.63, 3.8) is 0 Å². The van der Waals surface area contributed by atoms with Crippen LogP contribution in [0.15, 0.2) is 11.6 Å². The van der Waals surface area contributed by atoms with Gasteiger partial charge in [0.25, 0.3) is 0 Å². The molecule has 1 amide bonds. The first-order chi connectivity index (χ1) is 12.0. The molecule has 0 aromatic carbocycles. The molecule has 0 aromatic rings. The number of rotatable bonds is 9. The third-order valence-corrected chi connectivity index (χ3v) is 4.69. The van der Waals surface area contributed by atoms with E-state index < -0.39 is 18.3 Å². The highest BCUT2D eigenvalue weighted by molar-refractivity contribution is 5.88. The fourth-order valence-corrected chi connectivity index (χ4v) is 3.23. The summed E-state index contributed by atoms with van der Waals surface area (Å²) in [5.74, 6) is -0.520. The summed E-state index contributed by atoms with van der Waals surface area (Å²) in [4.78, 5) is 11.6. The van der Waals surface area contributed by atoms with Crippen LogP contribution in [0.25, 0.3) is 0 Å². The molecule has 5 N–H and O–H groups in total. The predicted molar refractivity (Wildman–Crippen MR) is 88.7 cm³/mol. The average Bonchev–Trinajstić information content (AvgIpc) is 3.30. The van der Waals surface area contributed by atoms with E-state index in [0.29, 0.717) is 25.9 Å². The minimum absolute atomic E-state index is 0.0102. The average molecular weight is 359 g/mol. The number of aliphatic hydroxyl groups is 4. The first-order valence-electron chi connectivity index (χ1n) is 8.76. The Morgan fingerprint density at radius 2 is 1.92 bits per heavy atom. The van der Waals surface area contributed by atoms with E-state index in [9.17, 15) is 15.0 Å². The van der Waals surface area contributed by atoms with Crippen LogP contribution in [0.1, 0.15) is 26.2 Å². The number of hydrogen-bond donors (Lipinski definition) is 5. The molecule has 0 radical (unpaired) electrons. The number of epoxide rings is 1. The molecule has 2 fully saturated rings. The summed E-state index contributed by atoms with van der Waals surface area (Å²) in [5.41, 5.74) is 0.721. The third kappa shape index (κ3) is 6.02. The molecule has 2 rings (SSSR count). The first kappa shape index (κ1) is 20.3. The molecule has 0 saturated carbocycles. The maximum atomic E-state index is 11.6. The van der Waals surface area contributed by atoms with Gasteiger partial charge in [0.1, 0.15) is 6.10 Å². The van der Waals surface area contributed by atoms with E-state index >= 15 is 0 Å². The van der Waals surface area contributed by atoms with E-state index in [2.05, 4.69) is 5.32 Å². The molecule has 0 aromatic heterocycles. The van der Waals surface area contributed by atoms with E-state index in [1.54, 1.807) is 6.92 Å². The van der Waals surface area contributed by atoms with Crippen LogP contribution in [0.4, 0.5) is 0 Å². The van der Waals surface area contributed by atoms with E-state index in [0.717, 1.165) is 5.57 Å². The van der Waals surface area contributed by atoms with Crippen molar-refractivity contribution in [1.29, 1.82) is 0 Å². The van der Waals surface area contributed by atoms with Crippen LogP contribution < -0.4 is 5.32 Å². The quantitative estimate of drug-likeness (QED) is 0.256. The number of carbonyl (C=O) groups is 1. The molecule has 144 valence electrons. The van der Waals surface area contributed by atoms with Gasteiger partial charge in [-0.1, -0.05) is 5.57 Å². The van der Waals surface area contributed by atoms with Crippen molar-refractivity contribution in [2.45, 2.75) is 56.7 Å². The lowest BCUT2D eigenvalue weighted by Crippen LogP contribution is -2.50. The van der Waals surface area contributed by atoms with Crippen LogP contribution in [-0.4, -0.2) is 83.2 Å². The predicted octanol–water partition coefficient (Wildman–Crippen LogP) is -1.29. The van der Waals surface area contributed by atoms with Crippen LogP contribution in [-0.2, 0) is 14.3 Å². The second-order valence-electron chi connectivity index (χ2n) is 6.78. The Kier molecular flexibility index (Phi) is 7.80. The molecule has 3 unspecified atom stereocenters. The minimum Gasteiger partial charge on any atom is -0.396 e. The van der Waals surface area contributed by atoms with E-state index in [4.69, 9.17) is 19.7 Å². The SMILES string of the molecule is C/C(=C\C(=O)NCCO)C[C@@H]1OC[C@H](C[C@@H]2OC2CCO)C(O)C1O. The highest BCUT2D eigenvalue weighted by Gasteiger charge is 2.45. The van der Waals surface area contributed by atoms with Gasteiger partial charge in [-0.2, -0.15) is 0 Å². The van der Waals surface area contributed by atoms with Crippen LogP contribution in [0, 0.1) is 5.92 Å². The Bertz CT molecular complexity index is 470. The molecule has 0 spiro atoms. The Hall–Kier alpha value is -1.03. The lowest BCUT2D eigenvalue weighted by molar-refractivity contribution is -0.165. The maximum Gasteiger partial charge on any atom is 0.244 e. The lowest BCUT2D eigenvalue weighted by Gasteiger charge is -2.37. The number of aliphatic hydroxyl groups excluding tert-OH is 4. The summed E-state index contributed by atoms with van der Waals surface area (Å²) in [6, 6.07) is 0. The van der Waals surface area contributed by atoms with Gasteiger partial charge in [-0.15, -0.1) is 0 Å². The molecule has 2 heterocycles. The van der Waals surface area contributed by atoms with Gasteiger partial charge < -0.3 is 35.2 Å². The topological polar surface area (TPSA) is 132 Å².